The van der Waals surface area contributed by atoms with E-state index in [1.165, 1.54) is 7.11 Å². The van der Waals surface area contributed by atoms with Crippen molar-refractivity contribution in [1.82, 2.24) is 10.2 Å². The van der Waals surface area contributed by atoms with E-state index in [0.29, 0.717) is 13.0 Å². The molecule has 1 aliphatic heterocycles. The molecule has 1 aliphatic rings. The van der Waals surface area contributed by atoms with Gasteiger partial charge in [0.15, 0.2) is 5.11 Å². The number of H-pyrrole nitrogens is 1. The highest BCUT2D eigenvalue weighted by Crippen LogP contribution is 2.09. The van der Waals surface area contributed by atoms with E-state index in [2.05, 4.69) is 30.9 Å². The molecule has 0 radical (unpaired) electrons. The third-order valence-corrected chi connectivity index (χ3v) is 4.06. The number of ether oxygens (including phenoxy) is 1. The van der Waals surface area contributed by atoms with Crippen LogP contribution in [0.1, 0.15) is 12.8 Å². The van der Waals surface area contributed by atoms with Crippen molar-refractivity contribution < 1.29 is 14.5 Å². The SMILES string of the molecule is COC(=O)CCCNC(=S)N1CCN(c2cccc[nH+]2)CC1. The van der Waals surface area contributed by atoms with Gasteiger partial charge in [-0.25, -0.2) is 4.98 Å². The number of aromatic amines is 1. The molecule has 22 heavy (non-hydrogen) atoms. The highest BCUT2D eigenvalue weighted by molar-refractivity contribution is 7.80. The lowest BCUT2D eigenvalue weighted by Gasteiger charge is -2.32. The largest absolute Gasteiger partial charge is 0.469 e. The topological polar surface area (TPSA) is 59.0 Å². The van der Waals surface area contributed by atoms with Crippen LogP contribution in [0.5, 0.6) is 0 Å². The number of esters is 1. The van der Waals surface area contributed by atoms with Gasteiger partial charge in [0.2, 0.25) is 0 Å². The Labute approximate surface area is 136 Å². The van der Waals surface area contributed by atoms with Gasteiger partial charge >= 0.3 is 5.97 Å². The number of anilines is 1. The maximum absolute atomic E-state index is 11.0. The number of aromatic nitrogens is 1. The average Bonchev–Trinajstić information content (AvgIpc) is 2.59. The highest BCUT2D eigenvalue weighted by Gasteiger charge is 2.24. The summed E-state index contributed by atoms with van der Waals surface area (Å²) in [6, 6.07) is 6.10. The molecule has 1 fully saturated rings. The number of methoxy groups -OCH3 is 1. The molecule has 6 nitrogen and oxygen atoms in total. The summed E-state index contributed by atoms with van der Waals surface area (Å²) in [7, 11) is 1.41. The summed E-state index contributed by atoms with van der Waals surface area (Å²) in [5, 5.41) is 3.98. The smallest absolute Gasteiger partial charge is 0.305 e. The number of nitrogens with one attached hydrogen (secondary N) is 2. The maximum Gasteiger partial charge on any atom is 0.305 e. The predicted octanol–water partition coefficient (Wildman–Crippen LogP) is 0.450. The first-order chi connectivity index (χ1) is 10.7. The van der Waals surface area contributed by atoms with Crippen LogP contribution in [0.3, 0.4) is 0 Å². The van der Waals surface area contributed by atoms with Crippen molar-refractivity contribution in [3.8, 4) is 0 Å². The van der Waals surface area contributed by atoms with Crippen molar-refractivity contribution in [3.63, 3.8) is 0 Å². The summed E-state index contributed by atoms with van der Waals surface area (Å²) >= 11 is 5.41. The van der Waals surface area contributed by atoms with E-state index in [0.717, 1.165) is 43.5 Å². The Bertz CT molecular complexity index is 490. The molecule has 0 saturated carbocycles. The van der Waals surface area contributed by atoms with Crippen LogP contribution in [0.15, 0.2) is 24.4 Å². The first-order valence-electron chi connectivity index (χ1n) is 7.52. The number of hydrogen-bond donors (Lipinski definition) is 1. The zero-order valence-electron chi connectivity index (χ0n) is 12.9. The summed E-state index contributed by atoms with van der Waals surface area (Å²) in [4.78, 5) is 18.8. The number of pyridine rings is 1. The molecule has 0 spiro atoms. The molecule has 2 heterocycles. The first-order valence-corrected chi connectivity index (χ1v) is 7.93. The normalized spacial score (nSPS) is 14.6. The Morgan fingerprint density at radius 3 is 2.77 bits per heavy atom. The number of piperazine rings is 1. The Morgan fingerprint density at radius 2 is 2.14 bits per heavy atom. The van der Waals surface area contributed by atoms with E-state index in [-0.39, 0.29) is 5.97 Å². The zero-order valence-corrected chi connectivity index (χ0v) is 13.7. The molecule has 2 rings (SSSR count). The second kappa shape index (κ2) is 8.53. The highest BCUT2D eigenvalue weighted by atomic mass is 32.1. The molecular formula is C15H23N4O2S+. The van der Waals surface area contributed by atoms with Crippen LogP contribution in [0.4, 0.5) is 5.82 Å². The second-order valence-corrected chi connectivity index (χ2v) is 5.52. The lowest BCUT2D eigenvalue weighted by Crippen LogP contribution is -2.52. The van der Waals surface area contributed by atoms with Crippen molar-refractivity contribution in [2.75, 3.05) is 44.7 Å². The lowest BCUT2D eigenvalue weighted by atomic mass is 10.3. The van der Waals surface area contributed by atoms with E-state index in [1.807, 2.05) is 18.3 Å². The third kappa shape index (κ3) is 4.84. The maximum atomic E-state index is 11.0. The summed E-state index contributed by atoms with van der Waals surface area (Å²) in [5.74, 6) is 0.958. The van der Waals surface area contributed by atoms with E-state index >= 15 is 0 Å². The van der Waals surface area contributed by atoms with Crippen LogP contribution in [-0.4, -0.2) is 55.8 Å². The second-order valence-electron chi connectivity index (χ2n) is 5.13. The van der Waals surface area contributed by atoms with Gasteiger partial charge in [0.25, 0.3) is 5.82 Å². The van der Waals surface area contributed by atoms with Crippen molar-refractivity contribution in [1.29, 1.82) is 0 Å². The molecule has 1 aromatic heterocycles. The fourth-order valence-corrected chi connectivity index (χ4v) is 2.66. The van der Waals surface area contributed by atoms with Crippen LogP contribution in [0.25, 0.3) is 0 Å². The number of rotatable bonds is 5. The molecule has 1 aromatic rings. The van der Waals surface area contributed by atoms with Gasteiger partial charge < -0.3 is 15.0 Å². The van der Waals surface area contributed by atoms with Crippen molar-refractivity contribution >= 4 is 29.1 Å². The van der Waals surface area contributed by atoms with Crippen LogP contribution < -0.4 is 15.2 Å². The molecule has 0 atom stereocenters. The number of carbonyl (C=O) groups excluding carboxylic acids is 1. The Morgan fingerprint density at radius 1 is 1.36 bits per heavy atom. The van der Waals surface area contributed by atoms with Crippen LogP contribution >= 0.6 is 12.2 Å². The van der Waals surface area contributed by atoms with E-state index in [1.54, 1.807) is 0 Å². The minimum absolute atomic E-state index is 0.180. The molecule has 0 aliphatic carbocycles. The third-order valence-electron chi connectivity index (χ3n) is 3.66. The van der Waals surface area contributed by atoms with Crippen LogP contribution in [0, 0.1) is 0 Å². The Kier molecular flexibility index (Phi) is 6.39. The molecular weight excluding hydrogens is 300 g/mol. The lowest BCUT2D eigenvalue weighted by molar-refractivity contribution is -0.364. The van der Waals surface area contributed by atoms with Crippen LogP contribution in [-0.2, 0) is 9.53 Å². The van der Waals surface area contributed by atoms with Crippen molar-refractivity contribution in [2.45, 2.75) is 12.8 Å². The van der Waals surface area contributed by atoms with Crippen molar-refractivity contribution in [3.05, 3.63) is 24.4 Å². The molecule has 120 valence electrons. The Balaban J connectivity index is 1.68. The van der Waals surface area contributed by atoms with Crippen molar-refractivity contribution in [2.24, 2.45) is 0 Å². The molecule has 0 amide bonds. The first kappa shape index (κ1) is 16.5. The molecule has 0 aromatic carbocycles. The number of carbonyl (C=O) groups is 1. The van der Waals surface area contributed by atoms with E-state index < -0.39 is 0 Å². The Hall–Kier alpha value is -1.89. The van der Waals surface area contributed by atoms with Gasteiger partial charge in [0.05, 0.1) is 26.4 Å². The summed E-state index contributed by atoms with van der Waals surface area (Å²) < 4.78 is 4.61. The molecule has 0 unspecified atom stereocenters. The summed E-state index contributed by atoms with van der Waals surface area (Å²) in [6.45, 7) is 4.35. The van der Waals surface area contributed by atoms with Gasteiger partial charge in [-0.15, -0.1) is 0 Å². The molecule has 1 saturated heterocycles. The van der Waals surface area contributed by atoms with E-state index in [9.17, 15) is 4.79 Å². The quantitative estimate of drug-likeness (QED) is 0.482. The predicted molar refractivity (Wildman–Crippen MR) is 88.6 cm³/mol. The minimum atomic E-state index is -0.180. The summed E-state index contributed by atoms with van der Waals surface area (Å²) in [5.41, 5.74) is 0. The number of hydrogen-bond acceptors (Lipinski definition) is 4. The standard InChI is InChI=1S/C15H22N4O2S/c1-21-14(20)6-4-8-17-15(22)19-11-9-18(10-12-19)13-5-2-3-7-16-13/h2-3,5,7H,4,6,8-12H2,1H3,(H,17,22)/p+1. The van der Waals surface area contributed by atoms with Gasteiger partial charge in [-0.1, -0.05) is 6.07 Å². The number of nitrogens with zero attached hydrogens (tertiary/aromatic N) is 2. The van der Waals surface area contributed by atoms with Crippen LogP contribution in [0.2, 0.25) is 0 Å². The van der Waals surface area contributed by atoms with Gasteiger partial charge in [-0.05, 0) is 24.7 Å². The molecule has 0 bridgehead atoms. The number of thiocarbonyl (C=S) groups is 1. The van der Waals surface area contributed by atoms with Gasteiger partial charge in [-0.3, -0.25) is 9.69 Å². The van der Waals surface area contributed by atoms with Gasteiger partial charge in [-0.2, -0.15) is 0 Å². The zero-order chi connectivity index (χ0) is 15.8. The molecule has 7 heteroatoms. The van der Waals surface area contributed by atoms with Gasteiger partial charge in [0.1, 0.15) is 13.1 Å². The monoisotopic (exact) mass is 323 g/mol. The minimum Gasteiger partial charge on any atom is -0.469 e. The molecule has 2 N–H and O–H groups in total. The van der Waals surface area contributed by atoms with E-state index in [4.69, 9.17) is 12.2 Å². The fraction of sp³-hybridized carbons (Fsp3) is 0.533. The fourth-order valence-electron chi connectivity index (χ4n) is 2.37. The van der Waals surface area contributed by atoms with Gasteiger partial charge in [0, 0.05) is 19.0 Å². The average molecular weight is 323 g/mol. The summed E-state index contributed by atoms with van der Waals surface area (Å²) in [6.07, 6.45) is 3.09.